The van der Waals surface area contributed by atoms with Crippen molar-refractivity contribution < 1.29 is 0 Å². The second-order valence-electron chi connectivity index (χ2n) is 5.81. The third-order valence-corrected chi connectivity index (χ3v) is 4.89. The van der Waals surface area contributed by atoms with Gasteiger partial charge < -0.3 is 0 Å². The lowest BCUT2D eigenvalue weighted by Crippen LogP contribution is -2.12. The summed E-state index contributed by atoms with van der Waals surface area (Å²) in [5, 5.41) is 9.68. The number of rotatable bonds is 4. The van der Waals surface area contributed by atoms with E-state index in [2.05, 4.69) is 34.6 Å². The van der Waals surface area contributed by atoms with Gasteiger partial charge in [-0.1, -0.05) is 78.0 Å². The van der Waals surface area contributed by atoms with E-state index in [-0.39, 0.29) is 6.17 Å². The zero-order valence-corrected chi connectivity index (χ0v) is 15.2. The lowest BCUT2D eigenvalue weighted by molar-refractivity contribution is 0.542. The summed E-state index contributed by atoms with van der Waals surface area (Å²) in [6.45, 7) is 0. The van der Waals surface area contributed by atoms with Gasteiger partial charge in [-0.3, -0.25) is 0 Å². The van der Waals surface area contributed by atoms with E-state index in [4.69, 9.17) is 4.99 Å². The number of thioether (sulfide) groups is 1. The van der Waals surface area contributed by atoms with Gasteiger partial charge in [-0.05, 0) is 24.0 Å². The molecule has 4 nitrogen and oxygen atoms in total. The topological polar surface area (TPSA) is 43.1 Å². The van der Waals surface area contributed by atoms with Crippen molar-refractivity contribution in [1.82, 2.24) is 15.0 Å². The molecule has 0 spiro atoms. The summed E-state index contributed by atoms with van der Waals surface area (Å²) in [6.07, 6.45) is 1.78. The van der Waals surface area contributed by atoms with Crippen LogP contribution in [0.3, 0.4) is 0 Å². The molecule has 4 rings (SSSR count). The standard InChI is InChI=1S/C21H18N4S/c1-26-21(17-12-6-3-7-13-17)22-20(16-10-4-2-5-11-16)25-19-15-9-8-14-18(19)23-24-25/h2-15,20H,1H3/b22-21-. The molecule has 26 heavy (non-hydrogen) atoms. The Morgan fingerprint density at radius 3 is 2.27 bits per heavy atom. The molecule has 5 heteroatoms. The number of aromatic nitrogens is 3. The summed E-state index contributed by atoms with van der Waals surface area (Å²) in [5.74, 6) is 0. The zero-order valence-electron chi connectivity index (χ0n) is 14.4. The maximum atomic E-state index is 5.07. The largest absolute Gasteiger partial charge is 0.246 e. The minimum absolute atomic E-state index is 0.272. The van der Waals surface area contributed by atoms with Crippen LogP contribution in [0.1, 0.15) is 17.3 Å². The van der Waals surface area contributed by atoms with Crippen LogP contribution in [-0.2, 0) is 0 Å². The van der Waals surface area contributed by atoms with Crippen molar-refractivity contribution in [2.75, 3.05) is 6.26 Å². The molecule has 0 aliphatic carbocycles. The Morgan fingerprint density at radius 1 is 0.885 bits per heavy atom. The SMILES string of the molecule is CS/C(=N\C(c1ccccc1)n1nnc2ccccc21)c1ccccc1. The first-order chi connectivity index (χ1) is 12.9. The van der Waals surface area contributed by atoms with E-state index in [0.29, 0.717) is 0 Å². The number of benzene rings is 3. The van der Waals surface area contributed by atoms with Gasteiger partial charge >= 0.3 is 0 Å². The van der Waals surface area contributed by atoms with Gasteiger partial charge in [0.15, 0.2) is 6.17 Å². The second kappa shape index (κ2) is 7.54. The maximum Gasteiger partial charge on any atom is 0.170 e. The number of hydrogen-bond donors (Lipinski definition) is 0. The molecule has 0 N–H and O–H groups in total. The lowest BCUT2D eigenvalue weighted by Gasteiger charge is -2.16. The van der Waals surface area contributed by atoms with Crippen LogP contribution in [0.5, 0.6) is 0 Å². The average molecular weight is 358 g/mol. The first-order valence-electron chi connectivity index (χ1n) is 8.39. The summed E-state index contributed by atoms with van der Waals surface area (Å²) in [5.41, 5.74) is 4.02. The predicted octanol–water partition coefficient (Wildman–Crippen LogP) is 4.79. The van der Waals surface area contributed by atoms with E-state index >= 15 is 0 Å². The van der Waals surface area contributed by atoms with Crippen LogP contribution in [0.2, 0.25) is 0 Å². The highest BCUT2D eigenvalue weighted by Crippen LogP contribution is 2.26. The molecule has 0 fully saturated rings. The van der Waals surface area contributed by atoms with Crippen molar-refractivity contribution in [3.63, 3.8) is 0 Å². The molecule has 0 saturated heterocycles. The van der Waals surface area contributed by atoms with Gasteiger partial charge in [0.05, 0.1) is 5.52 Å². The van der Waals surface area contributed by atoms with Crippen LogP contribution >= 0.6 is 11.8 Å². The zero-order chi connectivity index (χ0) is 17.8. The van der Waals surface area contributed by atoms with E-state index in [1.54, 1.807) is 11.8 Å². The molecule has 128 valence electrons. The highest BCUT2D eigenvalue weighted by atomic mass is 32.2. The Balaban J connectivity index is 1.88. The first kappa shape index (κ1) is 16.5. The Hall–Kier alpha value is -2.92. The molecule has 1 atom stereocenters. The molecular formula is C21H18N4S. The van der Waals surface area contributed by atoms with E-state index in [9.17, 15) is 0 Å². The lowest BCUT2D eigenvalue weighted by atomic mass is 10.1. The van der Waals surface area contributed by atoms with Crippen molar-refractivity contribution in [3.8, 4) is 0 Å². The van der Waals surface area contributed by atoms with Gasteiger partial charge in [0, 0.05) is 5.56 Å². The van der Waals surface area contributed by atoms with Crippen molar-refractivity contribution >= 4 is 27.8 Å². The summed E-state index contributed by atoms with van der Waals surface area (Å²) in [6, 6.07) is 28.4. The van der Waals surface area contributed by atoms with Crippen LogP contribution in [0.25, 0.3) is 11.0 Å². The van der Waals surface area contributed by atoms with Crippen LogP contribution < -0.4 is 0 Å². The number of para-hydroxylation sites is 1. The maximum absolute atomic E-state index is 5.07. The Labute approximate surface area is 156 Å². The molecule has 0 aliphatic rings. The van der Waals surface area contributed by atoms with Gasteiger partial charge in [0.1, 0.15) is 10.6 Å². The molecule has 1 heterocycles. The minimum Gasteiger partial charge on any atom is -0.246 e. The van der Waals surface area contributed by atoms with Gasteiger partial charge in [-0.2, -0.15) is 0 Å². The van der Waals surface area contributed by atoms with Gasteiger partial charge in [-0.15, -0.1) is 16.9 Å². The summed E-state index contributed by atoms with van der Waals surface area (Å²) >= 11 is 1.64. The van der Waals surface area contributed by atoms with Crippen LogP contribution in [0.4, 0.5) is 0 Å². The molecule has 1 unspecified atom stereocenters. The second-order valence-corrected chi connectivity index (χ2v) is 6.61. The predicted molar refractivity (Wildman–Crippen MR) is 109 cm³/mol. The van der Waals surface area contributed by atoms with Gasteiger partial charge in [0.25, 0.3) is 0 Å². The van der Waals surface area contributed by atoms with Crippen molar-refractivity contribution in [2.24, 2.45) is 4.99 Å². The van der Waals surface area contributed by atoms with E-state index < -0.39 is 0 Å². The van der Waals surface area contributed by atoms with E-state index in [0.717, 1.165) is 27.2 Å². The fraction of sp³-hybridized carbons (Fsp3) is 0.0952. The Kier molecular flexibility index (Phi) is 4.80. The number of fused-ring (bicyclic) bond motifs is 1. The van der Waals surface area contributed by atoms with Gasteiger partial charge in [0.2, 0.25) is 0 Å². The highest BCUT2D eigenvalue weighted by Gasteiger charge is 2.18. The molecular weight excluding hydrogens is 340 g/mol. The van der Waals surface area contributed by atoms with E-state index in [1.165, 1.54) is 0 Å². The summed E-state index contributed by atoms with van der Waals surface area (Å²) in [4.78, 5) is 5.07. The molecule has 0 radical (unpaired) electrons. The normalized spacial score (nSPS) is 13.0. The first-order valence-corrected chi connectivity index (χ1v) is 9.61. The molecule has 1 aromatic heterocycles. The third kappa shape index (κ3) is 3.26. The fourth-order valence-corrected chi connectivity index (χ4v) is 3.48. The number of nitrogens with zero attached hydrogens (tertiary/aromatic N) is 4. The fourth-order valence-electron chi connectivity index (χ4n) is 2.90. The molecule has 4 aromatic rings. The molecule has 0 aliphatic heterocycles. The average Bonchev–Trinajstić information content (AvgIpc) is 3.14. The number of hydrogen-bond acceptors (Lipinski definition) is 4. The molecule has 0 saturated carbocycles. The Bertz CT molecular complexity index is 1030. The van der Waals surface area contributed by atoms with Crippen molar-refractivity contribution in [3.05, 3.63) is 96.1 Å². The highest BCUT2D eigenvalue weighted by molar-refractivity contribution is 8.13. The van der Waals surface area contributed by atoms with Crippen molar-refractivity contribution in [2.45, 2.75) is 6.17 Å². The van der Waals surface area contributed by atoms with Gasteiger partial charge in [-0.25, -0.2) is 9.67 Å². The van der Waals surface area contributed by atoms with E-state index in [1.807, 2.05) is 71.6 Å². The molecule has 0 amide bonds. The summed E-state index contributed by atoms with van der Waals surface area (Å²) < 4.78 is 1.89. The van der Waals surface area contributed by atoms with Crippen LogP contribution in [0, 0.1) is 0 Å². The van der Waals surface area contributed by atoms with Crippen LogP contribution in [0.15, 0.2) is 89.9 Å². The molecule has 0 bridgehead atoms. The van der Waals surface area contributed by atoms with Crippen molar-refractivity contribution in [1.29, 1.82) is 0 Å². The smallest absolute Gasteiger partial charge is 0.170 e. The number of aliphatic imine (C=N–C) groups is 1. The summed E-state index contributed by atoms with van der Waals surface area (Å²) in [7, 11) is 0. The van der Waals surface area contributed by atoms with Crippen LogP contribution in [-0.4, -0.2) is 26.3 Å². The monoisotopic (exact) mass is 358 g/mol. The third-order valence-electron chi connectivity index (χ3n) is 4.16. The Morgan fingerprint density at radius 2 is 1.54 bits per heavy atom. The molecule has 3 aromatic carbocycles. The quantitative estimate of drug-likeness (QED) is 0.389. The minimum atomic E-state index is -0.272.